The number of sulfonamides is 1. The van der Waals surface area contributed by atoms with Crippen LogP contribution in [-0.2, 0) is 19.6 Å². The normalized spacial score (nSPS) is 20.5. The summed E-state index contributed by atoms with van der Waals surface area (Å²) in [5.74, 6) is -0.221. The maximum atomic E-state index is 13.1. The van der Waals surface area contributed by atoms with Gasteiger partial charge < -0.3 is 9.47 Å². The molecule has 28 heavy (non-hydrogen) atoms. The molecule has 0 bridgehead atoms. The molecule has 2 amide bonds. The second kappa shape index (κ2) is 7.98. The Kier molecular flexibility index (Phi) is 5.83. The zero-order valence-corrected chi connectivity index (χ0v) is 17.2. The molecule has 1 aromatic carbocycles. The van der Waals surface area contributed by atoms with E-state index in [1.807, 2.05) is 0 Å². The van der Waals surface area contributed by atoms with Crippen LogP contribution < -0.4 is 9.64 Å². The van der Waals surface area contributed by atoms with Crippen molar-refractivity contribution in [1.82, 2.24) is 4.31 Å². The molecule has 1 saturated carbocycles. The van der Waals surface area contributed by atoms with E-state index >= 15 is 0 Å². The van der Waals surface area contributed by atoms with Crippen molar-refractivity contribution in [3.63, 3.8) is 0 Å². The van der Waals surface area contributed by atoms with E-state index < -0.39 is 28.1 Å². The van der Waals surface area contributed by atoms with Gasteiger partial charge >= 0.3 is 12.0 Å². The number of hydrogen-bond acceptors (Lipinski definition) is 6. The number of carbonyl (C=O) groups is 2. The van der Waals surface area contributed by atoms with Crippen molar-refractivity contribution < 1.29 is 27.5 Å². The first-order valence-corrected chi connectivity index (χ1v) is 11.0. The van der Waals surface area contributed by atoms with Crippen LogP contribution in [0.3, 0.4) is 0 Å². The minimum atomic E-state index is -3.94. The van der Waals surface area contributed by atoms with Crippen LogP contribution in [0.2, 0.25) is 0 Å². The van der Waals surface area contributed by atoms with Gasteiger partial charge in [0.15, 0.2) is 6.10 Å². The van der Waals surface area contributed by atoms with E-state index in [2.05, 4.69) is 0 Å². The van der Waals surface area contributed by atoms with E-state index in [1.165, 1.54) is 23.1 Å². The Balaban J connectivity index is 1.92. The molecule has 1 heterocycles. The summed E-state index contributed by atoms with van der Waals surface area (Å²) in [6, 6.07) is 3.53. The summed E-state index contributed by atoms with van der Waals surface area (Å²) in [4.78, 5) is 26.0. The second-order valence-corrected chi connectivity index (χ2v) is 8.86. The van der Waals surface area contributed by atoms with Crippen molar-refractivity contribution in [3.05, 3.63) is 18.2 Å². The summed E-state index contributed by atoms with van der Waals surface area (Å²) >= 11 is 0. The monoisotopic (exact) mass is 410 g/mol. The Morgan fingerprint density at radius 2 is 1.93 bits per heavy atom. The van der Waals surface area contributed by atoms with E-state index in [0.29, 0.717) is 18.6 Å². The quantitative estimate of drug-likeness (QED) is 0.693. The number of rotatable bonds is 5. The molecule has 0 saturated heterocycles. The first-order valence-electron chi connectivity index (χ1n) is 9.56. The lowest BCUT2D eigenvalue weighted by Gasteiger charge is -2.40. The van der Waals surface area contributed by atoms with Gasteiger partial charge in [0.1, 0.15) is 10.6 Å². The summed E-state index contributed by atoms with van der Waals surface area (Å²) in [7, 11) is -2.39. The predicted molar refractivity (Wildman–Crippen MR) is 103 cm³/mol. The van der Waals surface area contributed by atoms with Crippen LogP contribution in [0.25, 0.3) is 0 Å². The molecule has 0 spiro atoms. The molecule has 0 aromatic heterocycles. The summed E-state index contributed by atoms with van der Waals surface area (Å²) in [6.07, 6.45) is 3.42. The topological polar surface area (TPSA) is 93.2 Å². The lowest BCUT2D eigenvalue weighted by atomic mass is 9.95. The van der Waals surface area contributed by atoms with Gasteiger partial charge in [0, 0.05) is 13.1 Å². The van der Waals surface area contributed by atoms with Crippen molar-refractivity contribution in [1.29, 1.82) is 0 Å². The van der Waals surface area contributed by atoms with Gasteiger partial charge in [0.25, 0.3) is 10.0 Å². The summed E-state index contributed by atoms with van der Waals surface area (Å²) in [5, 5.41) is 0. The maximum absolute atomic E-state index is 13.1. The van der Waals surface area contributed by atoms with E-state index in [0.717, 1.165) is 23.6 Å². The largest absolute Gasteiger partial charge is 0.479 e. The number of esters is 1. The standard InChI is InChI=1S/C19H26N2O6S/c1-4-26-18(22)13(2)27-15-10-11-17-16(12-15)20(3)19(23)21(28(17,24)25)14-8-6-5-7-9-14/h10-14H,4-9H2,1-3H3. The van der Waals surface area contributed by atoms with Crippen LogP contribution in [0.15, 0.2) is 23.1 Å². The highest BCUT2D eigenvalue weighted by molar-refractivity contribution is 7.90. The molecule has 1 aliphatic heterocycles. The average molecular weight is 410 g/mol. The van der Waals surface area contributed by atoms with Gasteiger partial charge in [-0.15, -0.1) is 0 Å². The SMILES string of the molecule is CCOC(=O)C(C)Oc1ccc2c(c1)N(C)C(=O)N(C1CCCCC1)S2(=O)=O. The first-order chi connectivity index (χ1) is 13.3. The highest BCUT2D eigenvalue weighted by Crippen LogP contribution is 2.39. The van der Waals surface area contributed by atoms with E-state index in [4.69, 9.17) is 9.47 Å². The highest BCUT2D eigenvalue weighted by atomic mass is 32.2. The number of benzene rings is 1. The fourth-order valence-corrected chi connectivity index (χ4v) is 5.53. The molecule has 0 N–H and O–H groups in total. The van der Waals surface area contributed by atoms with E-state index in [1.54, 1.807) is 20.9 Å². The number of ether oxygens (including phenoxy) is 2. The van der Waals surface area contributed by atoms with Gasteiger partial charge in [-0.3, -0.25) is 4.90 Å². The molecule has 9 heteroatoms. The number of hydrogen-bond donors (Lipinski definition) is 0. The zero-order chi connectivity index (χ0) is 20.5. The number of carbonyl (C=O) groups excluding carboxylic acids is 2. The number of amides is 2. The van der Waals surface area contributed by atoms with Gasteiger partial charge in [-0.1, -0.05) is 19.3 Å². The van der Waals surface area contributed by atoms with Crippen molar-refractivity contribution >= 4 is 27.7 Å². The van der Waals surface area contributed by atoms with Crippen LogP contribution in [0.1, 0.15) is 46.0 Å². The molecule has 8 nitrogen and oxygen atoms in total. The lowest BCUT2D eigenvalue weighted by molar-refractivity contribution is -0.150. The van der Waals surface area contributed by atoms with Gasteiger partial charge in [-0.05, 0) is 38.8 Å². The van der Waals surface area contributed by atoms with Gasteiger partial charge in [-0.25, -0.2) is 22.3 Å². The van der Waals surface area contributed by atoms with Crippen LogP contribution in [-0.4, -0.2) is 50.5 Å². The van der Waals surface area contributed by atoms with Crippen molar-refractivity contribution in [3.8, 4) is 5.75 Å². The minimum Gasteiger partial charge on any atom is -0.479 e. The smallest absolute Gasteiger partial charge is 0.347 e. The van der Waals surface area contributed by atoms with Gasteiger partial charge in [0.05, 0.1) is 18.3 Å². The fraction of sp³-hybridized carbons (Fsp3) is 0.579. The molecule has 0 radical (unpaired) electrons. The molecule has 3 rings (SSSR count). The number of fused-ring (bicyclic) bond motifs is 1. The van der Waals surface area contributed by atoms with Crippen molar-refractivity contribution in [2.75, 3.05) is 18.6 Å². The maximum Gasteiger partial charge on any atom is 0.347 e. The molecule has 1 aliphatic carbocycles. The lowest BCUT2D eigenvalue weighted by Crippen LogP contribution is -2.54. The van der Waals surface area contributed by atoms with Crippen LogP contribution in [0.5, 0.6) is 5.75 Å². The van der Waals surface area contributed by atoms with Gasteiger partial charge in [-0.2, -0.15) is 0 Å². The fourth-order valence-electron chi connectivity index (χ4n) is 3.69. The van der Waals surface area contributed by atoms with Crippen LogP contribution >= 0.6 is 0 Å². The third-order valence-corrected chi connectivity index (χ3v) is 7.02. The Bertz CT molecular complexity index is 863. The van der Waals surface area contributed by atoms with Crippen molar-refractivity contribution in [2.45, 2.75) is 63.0 Å². The van der Waals surface area contributed by atoms with Crippen LogP contribution in [0.4, 0.5) is 10.5 Å². The number of nitrogens with zero attached hydrogens (tertiary/aromatic N) is 2. The predicted octanol–water partition coefficient (Wildman–Crippen LogP) is 2.91. The first kappa shape index (κ1) is 20.4. The summed E-state index contributed by atoms with van der Waals surface area (Å²) in [5.41, 5.74) is 0.241. The zero-order valence-electron chi connectivity index (χ0n) is 16.4. The molecular formula is C19H26N2O6S. The molecule has 1 aromatic rings. The summed E-state index contributed by atoms with van der Waals surface area (Å²) < 4.78 is 37.8. The molecule has 1 fully saturated rings. The number of anilines is 1. The second-order valence-electron chi connectivity index (χ2n) is 7.08. The Morgan fingerprint density at radius 3 is 2.57 bits per heavy atom. The number of urea groups is 1. The minimum absolute atomic E-state index is 0.0660. The van der Waals surface area contributed by atoms with Gasteiger partial charge in [0.2, 0.25) is 0 Å². The van der Waals surface area contributed by atoms with Crippen molar-refractivity contribution in [2.24, 2.45) is 0 Å². The van der Waals surface area contributed by atoms with E-state index in [9.17, 15) is 18.0 Å². The summed E-state index contributed by atoms with van der Waals surface area (Å²) in [6.45, 7) is 3.49. The third kappa shape index (κ3) is 3.67. The Labute approximate surface area is 165 Å². The Hall–Kier alpha value is -2.29. The van der Waals surface area contributed by atoms with Crippen LogP contribution in [0, 0.1) is 0 Å². The Morgan fingerprint density at radius 1 is 1.25 bits per heavy atom. The molecular weight excluding hydrogens is 384 g/mol. The molecule has 2 aliphatic rings. The third-order valence-electron chi connectivity index (χ3n) is 5.14. The van der Waals surface area contributed by atoms with E-state index in [-0.39, 0.29) is 23.2 Å². The average Bonchev–Trinajstić information content (AvgIpc) is 2.67. The highest BCUT2D eigenvalue weighted by Gasteiger charge is 2.44. The molecule has 154 valence electrons. The molecule has 1 unspecified atom stereocenters. The molecule has 1 atom stereocenters.